The number of aryl methyl sites for hydroxylation is 2. The fraction of sp³-hybridized carbons (Fsp3) is 0.294. The molecule has 0 aliphatic carbocycles. The van der Waals surface area contributed by atoms with E-state index in [9.17, 15) is 5.11 Å². The number of phenols is 1. The van der Waals surface area contributed by atoms with Crippen molar-refractivity contribution < 1.29 is 5.11 Å². The predicted octanol–water partition coefficient (Wildman–Crippen LogP) is 5.17. The zero-order chi connectivity index (χ0) is 15.6. The van der Waals surface area contributed by atoms with E-state index in [1.807, 2.05) is 0 Å². The fourth-order valence-electron chi connectivity index (χ4n) is 2.35. The molecule has 112 valence electrons. The lowest BCUT2D eigenvalue weighted by atomic mass is 10.00. The minimum atomic E-state index is 0.0849. The van der Waals surface area contributed by atoms with Crippen LogP contribution < -0.4 is 5.32 Å². The molecule has 2 aromatic rings. The molecule has 2 nitrogen and oxygen atoms in total. The summed E-state index contributed by atoms with van der Waals surface area (Å²) in [5.41, 5.74) is 4.43. The van der Waals surface area contributed by atoms with Gasteiger partial charge in [0.25, 0.3) is 0 Å². The van der Waals surface area contributed by atoms with Crippen LogP contribution in [0.2, 0.25) is 10.0 Å². The van der Waals surface area contributed by atoms with E-state index < -0.39 is 0 Å². The maximum absolute atomic E-state index is 9.97. The monoisotopic (exact) mass is 323 g/mol. The van der Waals surface area contributed by atoms with Crippen molar-refractivity contribution >= 4 is 23.2 Å². The van der Waals surface area contributed by atoms with Gasteiger partial charge in [0.1, 0.15) is 5.75 Å². The molecule has 0 amide bonds. The number of rotatable bonds is 4. The highest BCUT2D eigenvalue weighted by atomic mass is 35.5. The third-order valence-corrected chi connectivity index (χ3v) is 4.11. The molecule has 2 aromatic carbocycles. The second kappa shape index (κ2) is 6.69. The van der Waals surface area contributed by atoms with Crippen LogP contribution in [0.4, 0.5) is 0 Å². The maximum Gasteiger partial charge on any atom is 0.138 e. The van der Waals surface area contributed by atoms with Gasteiger partial charge >= 0.3 is 0 Å². The van der Waals surface area contributed by atoms with Gasteiger partial charge < -0.3 is 10.4 Å². The average molecular weight is 324 g/mol. The maximum atomic E-state index is 9.97. The van der Waals surface area contributed by atoms with Gasteiger partial charge in [0.15, 0.2) is 0 Å². The van der Waals surface area contributed by atoms with Crippen molar-refractivity contribution in [3.8, 4) is 5.75 Å². The van der Waals surface area contributed by atoms with E-state index >= 15 is 0 Å². The van der Waals surface area contributed by atoms with E-state index in [-0.39, 0.29) is 16.8 Å². The van der Waals surface area contributed by atoms with Crippen LogP contribution in [-0.4, -0.2) is 5.11 Å². The lowest BCUT2D eigenvalue weighted by molar-refractivity contribution is 0.460. The van der Waals surface area contributed by atoms with Crippen LogP contribution in [-0.2, 0) is 6.54 Å². The molecule has 0 aliphatic rings. The van der Waals surface area contributed by atoms with Crippen LogP contribution in [0.25, 0.3) is 0 Å². The van der Waals surface area contributed by atoms with Gasteiger partial charge in [0.2, 0.25) is 0 Å². The molecule has 0 saturated carbocycles. The third kappa shape index (κ3) is 3.91. The second-order valence-corrected chi connectivity index (χ2v) is 6.20. The van der Waals surface area contributed by atoms with E-state index in [1.54, 1.807) is 6.07 Å². The molecule has 0 bridgehead atoms. The fourth-order valence-corrected chi connectivity index (χ4v) is 2.89. The summed E-state index contributed by atoms with van der Waals surface area (Å²) in [6.07, 6.45) is 0. The molecular weight excluding hydrogens is 305 g/mol. The molecule has 1 atom stereocenters. The van der Waals surface area contributed by atoms with Gasteiger partial charge in [-0.3, -0.25) is 0 Å². The molecular formula is C17H19Cl2NO. The minimum absolute atomic E-state index is 0.0849. The summed E-state index contributed by atoms with van der Waals surface area (Å²) in [7, 11) is 0. The Labute approximate surface area is 135 Å². The van der Waals surface area contributed by atoms with Crippen LogP contribution in [0.5, 0.6) is 5.75 Å². The highest BCUT2D eigenvalue weighted by molar-refractivity contribution is 6.35. The first kappa shape index (κ1) is 16.2. The number of hydrogen-bond acceptors (Lipinski definition) is 2. The highest BCUT2D eigenvalue weighted by Crippen LogP contribution is 2.31. The van der Waals surface area contributed by atoms with Crippen molar-refractivity contribution in [2.24, 2.45) is 0 Å². The van der Waals surface area contributed by atoms with E-state index in [1.165, 1.54) is 22.8 Å². The molecule has 0 saturated heterocycles. The Hall–Kier alpha value is -1.22. The van der Waals surface area contributed by atoms with E-state index in [2.05, 4.69) is 44.3 Å². The standard InChI is InChI=1S/C17H19Cl2NO/c1-10-4-5-11(2)15(6-10)12(3)20-9-13-7-14(18)8-16(19)17(13)21/h4-8,12,20-21H,9H2,1-3H3. The quantitative estimate of drug-likeness (QED) is 0.813. The molecule has 0 heterocycles. The molecule has 2 rings (SSSR count). The number of aromatic hydroxyl groups is 1. The molecule has 0 aliphatic heterocycles. The summed E-state index contributed by atoms with van der Waals surface area (Å²) in [6.45, 7) is 6.78. The van der Waals surface area contributed by atoms with Crippen molar-refractivity contribution in [2.75, 3.05) is 0 Å². The number of benzene rings is 2. The van der Waals surface area contributed by atoms with Gasteiger partial charge in [0, 0.05) is 23.2 Å². The summed E-state index contributed by atoms with van der Waals surface area (Å²) in [5, 5.41) is 14.2. The van der Waals surface area contributed by atoms with Gasteiger partial charge in [-0.25, -0.2) is 0 Å². The molecule has 2 N–H and O–H groups in total. The average Bonchev–Trinajstić information content (AvgIpc) is 2.43. The Kier molecular flexibility index (Phi) is 5.15. The van der Waals surface area contributed by atoms with Gasteiger partial charge in [-0.1, -0.05) is 47.0 Å². The molecule has 0 fully saturated rings. The Morgan fingerprint density at radius 3 is 2.57 bits per heavy atom. The van der Waals surface area contributed by atoms with Crippen LogP contribution in [0.1, 0.15) is 35.2 Å². The van der Waals surface area contributed by atoms with Gasteiger partial charge in [-0.2, -0.15) is 0 Å². The van der Waals surface area contributed by atoms with Crippen molar-refractivity contribution in [1.29, 1.82) is 0 Å². The number of halogens is 2. The summed E-state index contributed by atoms with van der Waals surface area (Å²) in [4.78, 5) is 0. The highest BCUT2D eigenvalue weighted by Gasteiger charge is 2.12. The van der Waals surface area contributed by atoms with E-state index in [0.717, 1.165) is 0 Å². The molecule has 0 radical (unpaired) electrons. The Bertz CT molecular complexity index is 655. The van der Waals surface area contributed by atoms with E-state index in [4.69, 9.17) is 23.2 Å². The zero-order valence-corrected chi connectivity index (χ0v) is 13.9. The molecule has 21 heavy (non-hydrogen) atoms. The second-order valence-electron chi connectivity index (χ2n) is 5.36. The Balaban J connectivity index is 2.14. The van der Waals surface area contributed by atoms with Crippen molar-refractivity contribution in [3.05, 3.63) is 62.6 Å². The smallest absolute Gasteiger partial charge is 0.138 e. The first-order valence-corrected chi connectivity index (χ1v) is 7.61. The number of nitrogens with one attached hydrogen (secondary N) is 1. The zero-order valence-electron chi connectivity index (χ0n) is 12.4. The van der Waals surface area contributed by atoms with Crippen molar-refractivity contribution in [1.82, 2.24) is 5.32 Å². The molecule has 0 spiro atoms. The Morgan fingerprint density at radius 1 is 1.14 bits per heavy atom. The van der Waals surface area contributed by atoms with Crippen molar-refractivity contribution in [3.63, 3.8) is 0 Å². The van der Waals surface area contributed by atoms with Crippen molar-refractivity contribution in [2.45, 2.75) is 33.4 Å². The minimum Gasteiger partial charge on any atom is -0.506 e. The molecule has 0 aromatic heterocycles. The summed E-state index contributed by atoms with van der Waals surface area (Å²) >= 11 is 11.9. The topological polar surface area (TPSA) is 32.3 Å². The lowest BCUT2D eigenvalue weighted by Crippen LogP contribution is -2.19. The Morgan fingerprint density at radius 2 is 1.86 bits per heavy atom. The van der Waals surface area contributed by atoms with Crippen LogP contribution in [0.3, 0.4) is 0 Å². The van der Waals surface area contributed by atoms with Crippen LogP contribution in [0.15, 0.2) is 30.3 Å². The first-order valence-electron chi connectivity index (χ1n) is 6.86. The van der Waals surface area contributed by atoms with Gasteiger partial charge in [-0.15, -0.1) is 0 Å². The number of hydrogen-bond donors (Lipinski definition) is 2. The van der Waals surface area contributed by atoms with E-state index in [0.29, 0.717) is 17.1 Å². The normalized spacial score (nSPS) is 12.4. The molecule has 1 unspecified atom stereocenters. The summed E-state index contributed by atoms with van der Waals surface area (Å²) in [6, 6.07) is 9.84. The number of phenolic OH excluding ortho intramolecular Hbond substituents is 1. The van der Waals surface area contributed by atoms with Gasteiger partial charge in [0.05, 0.1) is 5.02 Å². The first-order chi connectivity index (χ1) is 9.88. The third-order valence-electron chi connectivity index (χ3n) is 3.61. The molecule has 4 heteroatoms. The largest absolute Gasteiger partial charge is 0.506 e. The lowest BCUT2D eigenvalue weighted by Gasteiger charge is -2.18. The summed E-state index contributed by atoms with van der Waals surface area (Å²) in [5.74, 6) is 0.0849. The SMILES string of the molecule is Cc1ccc(C)c(C(C)NCc2cc(Cl)cc(Cl)c2O)c1. The van der Waals surface area contributed by atoms with Crippen LogP contribution >= 0.6 is 23.2 Å². The van der Waals surface area contributed by atoms with Gasteiger partial charge in [-0.05, 0) is 44.0 Å². The van der Waals surface area contributed by atoms with Crippen LogP contribution in [0, 0.1) is 13.8 Å². The summed E-state index contributed by atoms with van der Waals surface area (Å²) < 4.78 is 0. The predicted molar refractivity (Wildman–Crippen MR) is 89.3 cm³/mol.